The predicted octanol–water partition coefficient (Wildman–Crippen LogP) is 1.66. The van der Waals surface area contributed by atoms with Gasteiger partial charge in [0, 0.05) is 20.2 Å². The van der Waals surface area contributed by atoms with Gasteiger partial charge in [0.05, 0.1) is 31.0 Å². The third kappa shape index (κ3) is 3.97. The van der Waals surface area contributed by atoms with E-state index in [1.165, 1.54) is 49.6 Å². The quantitative estimate of drug-likeness (QED) is 0.743. The summed E-state index contributed by atoms with van der Waals surface area (Å²) in [6.07, 6.45) is 1.25. The number of sulfonamides is 1. The lowest BCUT2D eigenvalue weighted by atomic mass is 10.2. The van der Waals surface area contributed by atoms with Gasteiger partial charge in [-0.25, -0.2) is 18.2 Å². The highest BCUT2D eigenvalue weighted by Crippen LogP contribution is 2.30. The first-order chi connectivity index (χ1) is 12.2. The van der Waals surface area contributed by atoms with Crippen LogP contribution in [0.2, 0.25) is 0 Å². The smallest absolute Gasteiger partial charge is 0.339 e. The molecule has 0 spiro atoms. The lowest BCUT2D eigenvalue weighted by Gasteiger charge is -2.16. The van der Waals surface area contributed by atoms with Gasteiger partial charge in [0.15, 0.2) is 11.5 Å². The molecule has 0 radical (unpaired) electrons. The highest BCUT2D eigenvalue weighted by molar-refractivity contribution is 7.92. The van der Waals surface area contributed by atoms with Crippen LogP contribution in [-0.4, -0.2) is 52.8 Å². The maximum absolute atomic E-state index is 12.6. The molecule has 10 heteroatoms. The van der Waals surface area contributed by atoms with Crippen LogP contribution in [0.1, 0.15) is 10.4 Å². The van der Waals surface area contributed by atoms with E-state index in [0.29, 0.717) is 5.75 Å². The number of nitrogens with zero attached hydrogens (tertiary/aromatic N) is 2. The topological polar surface area (TPSA) is 118 Å². The van der Waals surface area contributed by atoms with E-state index in [0.717, 1.165) is 0 Å². The minimum absolute atomic E-state index is 0.0304. The molecule has 0 amide bonds. The van der Waals surface area contributed by atoms with Crippen molar-refractivity contribution in [3.05, 3.63) is 36.0 Å². The third-order valence-electron chi connectivity index (χ3n) is 3.44. The van der Waals surface area contributed by atoms with E-state index in [2.05, 4.69) is 9.71 Å². The molecule has 0 bridgehead atoms. The van der Waals surface area contributed by atoms with Gasteiger partial charge in [0.1, 0.15) is 11.4 Å². The van der Waals surface area contributed by atoms with E-state index in [1.54, 1.807) is 14.1 Å². The number of benzene rings is 1. The molecule has 2 aromatic rings. The molecular formula is C16H19N3O6S. The lowest BCUT2D eigenvalue weighted by molar-refractivity contribution is 0.0697. The molecule has 1 heterocycles. The molecule has 0 saturated carbocycles. The summed E-state index contributed by atoms with van der Waals surface area (Å²) in [5, 5.41) is 9.31. The Morgan fingerprint density at radius 3 is 2.35 bits per heavy atom. The van der Waals surface area contributed by atoms with Crippen molar-refractivity contribution in [2.24, 2.45) is 0 Å². The number of anilines is 2. The van der Waals surface area contributed by atoms with Crippen molar-refractivity contribution < 1.29 is 27.8 Å². The molecule has 0 saturated heterocycles. The molecule has 2 rings (SSSR count). The highest BCUT2D eigenvalue weighted by Gasteiger charge is 2.20. The Kier molecular flexibility index (Phi) is 5.56. The Morgan fingerprint density at radius 1 is 1.15 bits per heavy atom. The van der Waals surface area contributed by atoms with E-state index in [-0.39, 0.29) is 27.7 Å². The number of aromatic carboxylic acids is 1. The first-order valence-corrected chi connectivity index (χ1v) is 8.83. The van der Waals surface area contributed by atoms with Crippen molar-refractivity contribution in [3.63, 3.8) is 0 Å². The maximum atomic E-state index is 12.6. The van der Waals surface area contributed by atoms with Crippen molar-refractivity contribution in [3.8, 4) is 11.5 Å². The zero-order chi connectivity index (χ0) is 19.5. The van der Waals surface area contributed by atoms with Crippen molar-refractivity contribution in [2.75, 3.05) is 37.9 Å². The minimum atomic E-state index is -3.98. The molecule has 2 N–H and O–H groups in total. The number of aromatic nitrogens is 1. The molecule has 0 aliphatic heterocycles. The molecule has 1 aromatic carbocycles. The van der Waals surface area contributed by atoms with Gasteiger partial charge in [-0.15, -0.1) is 0 Å². The Bertz CT molecular complexity index is 928. The summed E-state index contributed by atoms with van der Waals surface area (Å²) in [6, 6.07) is 5.33. The SMILES string of the molecule is COc1ccc(S(=O)(=O)Nc2cnc(N(C)C)c(C(=O)O)c2)cc1OC. The number of carboxylic acids is 1. The average Bonchev–Trinajstić information content (AvgIpc) is 2.60. The first-order valence-electron chi connectivity index (χ1n) is 7.35. The number of rotatable bonds is 7. The molecule has 0 atom stereocenters. The van der Waals surface area contributed by atoms with Crippen molar-refractivity contribution in [1.82, 2.24) is 4.98 Å². The Balaban J connectivity index is 2.41. The number of methoxy groups -OCH3 is 2. The van der Waals surface area contributed by atoms with Gasteiger partial charge in [0.2, 0.25) is 0 Å². The molecule has 140 valence electrons. The zero-order valence-electron chi connectivity index (χ0n) is 14.7. The minimum Gasteiger partial charge on any atom is -0.493 e. The van der Waals surface area contributed by atoms with Crippen LogP contribution in [0.15, 0.2) is 35.4 Å². The highest BCUT2D eigenvalue weighted by atomic mass is 32.2. The molecule has 0 unspecified atom stereocenters. The second-order valence-corrected chi connectivity index (χ2v) is 7.10. The number of nitrogens with one attached hydrogen (secondary N) is 1. The Labute approximate surface area is 151 Å². The monoisotopic (exact) mass is 381 g/mol. The van der Waals surface area contributed by atoms with Crippen LogP contribution in [0.5, 0.6) is 11.5 Å². The first kappa shape index (κ1) is 19.3. The predicted molar refractivity (Wildman–Crippen MR) is 95.9 cm³/mol. The van der Waals surface area contributed by atoms with Crippen molar-refractivity contribution >= 4 is 27.5 Å². The van der Waals surface area contributed by atoms with Crippen LogP contribution in [0.3, 0.4) is 0 Å². The van der Waals surface area contributed by atoms with Crippen LogP contribution in [-0.2, 0) is 10.0 Å². The van der Waals surface area contributed by atoms with Gasteiger partial charge >= 0.3 is 5.97 Å². The van der Waals surface area contributed by atoms with Crippen molar-refractivity contribution in [1.29, 1.82) is 0 Å². The number of ether oxygens (including phenoxy) is 2. The van der Waals surface area contributed by atoms with Crippen LogP contribution in [0, 0.1) is 0 Å². The van der Waals surface area contributed by atoms with Gasteiger partial charge in [-0.1, -0.05) is 0 Å². The second-order valence-electron chi connectivity index (χ2n) is 5.42. The Morgan fingerprint density at radius 2 is 1.81 bits per heavy atom. The molecule has 0 aliphatic carbocycles. The summed E-state index contributed by atoms with van der Waals surface area (Å²) < 4.78 is 37.7. The molecule has 1 aromatic heterocycles. The average molecular weight is 381 g/mol. The largest absolute Gasteiger partial charge is 0.493 e. The van der Waals surface area contributed by atoms with Gasteiger partial charge in [0.25, 0.3) is 10.0 Å². The fourth-order valence-corrected chi connectivity index (χ4v) is 3.27. The fourth-order valence-electron chi connectivity index (χ4n) is 2.22. The summed E-state index contributed by atoms with van der Waals surface area (Å²) >= 11 is 0. The molecular weight excluding hydrogens is 362 g/mol. The van der Waals surface area contributed by atoms with E-state index in [4.69, 9.17) is 9.47 Å². The van der Waals surface area contributed by atoms with Gasteiger partial charge < -0.3 is 19.5 Å². The zero-order valence-corrected chi connectivity index (χ0v) is 15.5. The normalized spacial score (nSPS) is 10.9. The molecule has 0 fully saturated rings. The number of hydrogen-bond acceptors (Lipinski definition) is 7. The fraction of sp³-hybridized carbons (Fsp3) is 0.250. The molecule has 26 heavy (non-hydrogen) atoms. The summed E-state index contributed by atoms with van der Waals surface area (Å²) in [4.78, 5) is 16.9. The second kappa shape index (κ2) is 7.48. The summed E-state index contributed by atoms with van der Waals surface area (Å²) in [6.45, 7) is 0. The van der Waals surface area contributed by atoms with Gasteiger partial charge in [-0.3, -0.25) is 4.72 Å². The Hall–Kier alpha value is -3.01. The molecule has 0 aliphatic rings. The van der Waals surface area contributed by atoms with Gasteiger partial charge in [-0.2, -0.15) is 0 Å². The van der Waals surface area contributed by atoms with Crippen LogP contribution in [0.25, 0.3) is 0 Å². The van der Waals surface area contributed by atoms with E-state index in [1.807, 2.05) is 0 Å². The van der Waals surface area contributed by atoms with E-state index >= 15 is 0 Å². The van der Waals surface area contributed by atoms with E-state index < -0.39 is 16.0 Å². The number of pyridine rings is 1. The van der Waals surface area contributed by atoms with Gasteiger partial charge in [-0.05, 0) is 18.2 Å². The molecule has 9 nitrogen and oxygen atoms in total. The number of carboxylic acid groups (broad SMARTS) is 1. The summed E-state index contributed by atoms with van der Waals surface area (Å²) in [5.41, 5.74) is -0.0923. The summed E-state index contributed by atoms with van der Waals surface area (Å²) in [5.74, 6) is -0.362. The summed E-state index contributed by atoms with van der Waals surface area (Å²) in [7, 11) is 2.14. The van der Waals surface area contributed by atoms with Crippen LogP contribution < -0.4 is 19.1 Å². The van der Waals surface area contributed by atoms with Crippen LogP contribution >= 0.6 is 0 Å². The lowest BCUT2D eigenvalue weighted by Crippen LogP contribution is -2.18. The van der Waals surface area contributed by atoms with Crippen molar-refractivity contribution in [2.45, 2.75) is 4.90 Å². The standard InChI is InChI=1S/C16H19N3O6S/c1-19(2)15-12(16(20)21)7-10(9-17-15)18-26(22,23)11-5-6-13(24-3)14(8-11)25-4/h5-9,18H,1-4H3,(H,20,21). The number of hydrogen-bond donors (Lipinski definition) is 2. The van der Waals surface area contributed by atoms with E-state index in [9.17, 15) is 18.3 Å². The third-order valence-corrected chi connectivity index (χ3v) is 4.82. The maximum Gasteiger partial charge on any atom is 0.339 e. The number of carbonyl (C=O) groups is 1. The van der Waals surface area contributed by atoms with Crippen LogP contribution in [0.4, 0.5) is 11.5 Å².